The number of nitrogens with zero attached hydrogens (tertiary/aromatic N) is 1. The Morgan fingerprint density at radius 2 is 1.96 bits per heavy atom. The summed E-state index contributed by atoms with van der Waals surface area (Å²) in [5, 5.41) is 5.34. The van der Waals surface area contributed by atoms with Gasteiger partial charge in [-0.1, -0.05) is 11.6 Å². The average Bonchev–Trinajstić information content (AvgIpc) is 3.12. The normalized spacial score (nSPS) is 10.4. The van der Waals surface area contributed by atoms with Gasteiger partial charge in [0, 0.05) is 16.1 Å². The van der Waals surface area contributed by atoms with E-state index in [2.05, 4.69) is 10.3 Å². The first-order valence-corrected chi connectivity index (χ1v) is 8.91. The SMILES string of the molecule is NC(=O)c1cc(NC(=O)c2csc(COc3ccc(Cl)cc3)n2)ccc1F. The van der Waals surface area contributed by atoms with E-state index in [9.17, 15) is 14.0 Å². The molecular weight excluding hydrogens is 393 g/mol. The minimum Gasteiger partial charge on any atom is -0.486 e. The number of benzene rings is 2. The van der Waals surface area contributed by atoms with Gasteiger partial charge in [-0.05, 0) is 42.5 Å². The molecule has 9 heteroatoms. The molecule has 0 aliphatic carbocycles. The summed E-state index contributed by atoms with van der Waals surface area (Å²) in [7, 11) is 0. The van der Waals surface area contributed by atoms with Crippen molar-refractivity contribution in [2.24, 2.45) is 5.73 Å². The second-order valence-electron chi connectivity index (χ2n) is 5.38. The molecule has 2 aromatic carbocycles. The number of amides is 2. The number of anilines is 1. The van der Waals surface area contributed by atoms with Gasteiger partial charge in [0.25, 0.3) is 11.8 Å². The zero-order chi connectivity index (χ0) is 19.4. The van der Waals surface area contributed by atoms with Crippen molar-refractivity contribution < 1.29 is 18.7 Å². The number of halogens is 2. The number of primary amides is 1. The predicted molar refractivity (Wildman–Crippen MR) is 101 cm³/mol. The van der Waals surface area contributed by atoms with Crippen LogP contribution in [-0.2, 0) is 6.61 Å². The van der Waals surface area contributed by atoms with Crippen molar-refractivity contribution in [3.05, 3.63) is 74.9 Å². The van der Waals surface area contributed by atoms with Gasteiger partial charge in [-0.15, -0.1) is 11.3 Å². The number of hydrogen-bond donors (Lipinski definition) is 2. The number of aromatic nitrogens is 1. The van der Waals surface area contributed by atoms with Crippen LogP contribution >= 0.6 is 22.9 Å². The Hall–Kier alpha value is -2.97. The van der Waals surface area contributed by atoms with Gasteiger partial charge in [-0.2, -0.15) is 0 Å². The van der Waals surface area contributed by atoms with Crippen LogP contribution in [0.15, 0.2) is 47.8 Å². The highest BCUT2D eigenvalue weighted by Crippen LogP contribution is 2.19. The van der Waals surface area contributed by atoms with Crippen LogP contribution in [0.1, 0.15) is 25.9 Å². The fourth-order valence-electron chi connectivity index (χ4n) is 2.14. The van der Waals surface area contributed by atoms with E-state index in [0.717, 1.165) is 6.07 Å². The molecule has 0 spiro atoms. The van der Waals surface area contributed by atoms with Crippen LogP contribution in [0.25, 0.3) is 0 Å². The van der Waals surface area contributed by atoms with Gasteiger partial charge in [0.05, 0.1) is 5.56 Å². The first kappa shape index (κ1) is 18.8. The molecule has 27 heavy (non-hydrogen) atoms. The molecule has 0 bridgehead atoms. The zero-order valence-electron chi connectivity index (χ0n) is 13.7. The van der Waals surface area contributed by atoms with E-state index in [1.165, 1.54) is 23.5 Å². The monoisotopic (exact) mass is 405 g/mol. The predicted octanol–water partition coefficient (Wildman–Crippen LogP) is 3.87. The number of carbonyl (C=O) groups excluding carboxylic acids is 2. The molecule has 3 aromatic rings. The summed E-state index contributed by atoms with van der Waals surface area (Å²) < 4.78 is 19.1. The molecule has 0 saturated heterocycles. The lowest BCUT2D eigenvalue weighted by atomic mass is 10.1. The number of nitrogens with one attached hydrogen (secondary N) is 1. The van der Waals surface area contributed by atoms with Crippen molar-refractivity contribution in [3.8, 4) is 5.75 Å². The molecule has 138 valence electrons. The molecule has 6 nitrogen and oxygen atoms in total. The second kappa shape index (κ2) is 8.15. The number of rotatable bonds is 6. The van der Waals surface area contributed by atoms with Crippen molar-refractivity contribution in [1.29, 1.82) is 0 Å². The van der Waals surface area contributed by atoms with E-state index >= 15 is 0 Å². The number of hydrogen-bond acceptors (Lipinski definition) is 5. The Labute approximate surface area is 162 Å². The Morgan fingerprint density at radius 1 is 1.22 bits per heavy atom. The molecule has 0 aliphatic rings. The van der Waals surface area contributed by atoms with E-state index in [4.69, 9.17) is 22.1 Å². The fraction of sp³-hybridized carbons (Fsp3) is 0.0556. The highest BCUT2D eigenvalue weighted by atomic mass is 35.5. The van der Waals surface area contributed by atoms with Crippen LogP contribution in [0.3, 0.4) is 0 Å². The molecule has 2 amide bonds. The maximum atomic E-state index is 13.5. The van der Waals surface area contributed by atoms with Crippen LogP contribution < -0.4 is 15.8 Å². The summed E-state index contributed by atoms with van der Waals surface area (Å²) in [5.41, 5.74) is 5.21. The maximum absolute atomic E-state index is 13.5. The van der Waals surface area contributed by atoms with Gasteiger partial charge in [-0.25, -0.2) is 9.37 Å². The fourth-order valence-corrected chi connectivity index (χ4v) is 2.96. The van der Waals surface area contributed by atoms with E-state index in [-0.39, 0.29) is 23.6 Å². The minimum atomic E-state index is -0.918. The molecule has 1 aromatic heterocycles. The summed E-state index contributed by atoms with van der Waals surface area (Å²) in [5.74, 6) is -1.54. The van der Waals surface area contributed by atoms with Gasteiger partial charge in [0.15, 0.2) is 0 Å². The van der Waals surface area contributed by atoms with Crippen molar-refractivity contribution in [2.75, 3.05) is 5.32 Å². The molecule has 0 atom stereocenters. The Bertz CT molecular complexity index is 992. The number of thiazole rings is 1. The van der Waals surface area contributed by atoms with Crippen molar-refractivity contribution in [3.63, 3.8) is 0 Å². The number of carbonyl (C=O) groups is 2. The van der Waals surface area contributed by atoms with E-state index in [1.54, 1.807) is 29.6 Å². The lowest BCUT2D eigenvalue weighted by Gasteiger charge is -2.06. The van der Waals surface area contributed by atoms with Crippen LogP contribution in [0.2, 0.25) is 5.02 Å². The molecule has 0 aliphatic heterocycles. The van der Waals surface area contributed by atoms with Gasteiger partial charge in [0.1, 0.15) is 28.9 Å². The largest absolute Gasteiger partial charge is 0.486 e. The van der Waals surface area contributed by atoms with Crippen molar-refractivity contribution in [2.45, 2.75) is 6.61 Å². The highest BCUT2D eigenvalue weighted by molar-refractivity contribution is 7.09. The van der Waals surface area contributed by atoms with E-state index in [0.29, 0.717) is 15.8 Å². The summed E-state index contributed by atoms with van der Waals surface area (Å²) in [6, 6.07) is 10.4. The highest BCUT2D eigenvalue weighted by Gasteiger charge is 2.14. The standard InChI is InChI=1S/C18H13ClFN3O3S/c19-10-1-4-12(5-2-10)26-8-16-23-15(9-27-16)18(25)22-11-3-6-14(20)13(7-11)17(21)24/h1-7,9H,8H2,(H2,21,24)(H,22,25). The molecular formula is C18H13ClFN3O3S. The third-order valence-corrected chi connectivity index (χ3v) is 4.52. The molecule has 0 fully saturated rings. The molecule has 0 radical (unpaired) electrons. The molecule has 3 N–H and O–H groups in total. The summed E-state index contributed by atoms with van der Waals surface area (Å²) in [4.78, 5) is 27.7. The Balaban J connectivity index is 1.63. The van der Waals surface area contributed by atoms with Crippen molar-refractivity contribution >= 4 is 40.4 Å². The summed E-state index contributed by atoms with van der Waals surface area (Å²) in [6.45, 7) is 0.196. The lowest BCUT2D eigenvalue weighted by molar-refractivity contribution is 0.0992. The first-order valence-electron chi connectivity index (χ1n) is 7.66. The molecule has 0 saturated carbocycles. The Morgan fingerprint density at radius 3 is 2.67 bits per heavy atom. The van der Waals surface area contributed by atoms with Gasteiger partial charge < -0.3 is 15.8 Å². The van der Waals surface area contributed by atoms with E-state index in [1.807, 2.05) is 0 Å². The van der Waals surface area contributed by atoms with E-state index < -0.39 is 17.6 Å². The first-order chi connectivity index (χ1) is 12.9. The topological polar surface area (TPSA) is 94.3 Å². The molecule has 1 heterocycles. The smallest absolute Gasteiger partial charge is 0.275 e. The summed E-state index contributed by atoms with van der Waals surface area (Å²) in [6.07, 6.45) is 0. The van der Waals surface area contributed by atoms with Gasteiger partial charge in [-0.3, -0.25) is 9.59 Å². The van der Waals surface area contributed by atoms with Crippen LogP contribution in [0, 0.1) is 5.82 Å². The zero-order valence-corrected chi connectivity index (χ0v) is 15.3. The average molecular weight is 406 g/mol. The third kappa shape index (κ3) is 4.81. The van der Waals surface area contributed by atoms with Crippen LogP contribution in [0.4, 0.5) is 10.1 Å². The minimum absolute atomic E-state index is 0.180. The molecule has 0 unspecified atom stereocenters. The Kier molecular flexibility index (Phi) is 5.68. The van der Waals surface area contributed by atoms with Gasteiger partial charge >= 0.3 is 0 Å². The second-order valence-corrected chi connectivity index (χ2v) is 6.76. The number of ether oxygens (including phenoxy) is 1. The molecule has 3 rings (SSSR count). The van der Waals surface area contributed by atoms with Crippen molar-refractivity contribution in [1.82, 2.24) is 4.98 Å². The lowest BCUT2D eigenvalue weighted by Crippen LogP contribution is -2.16. The van der Waals surface area contributed by atoms with Gasteiger partial charge in [0.2, 0.25) is 0 Å². The third-order valence-electron chi connectivity index (χ3n) is 3.45. The van der Waals surface area contributed by atoms with Crippen LogP contribution in [-0.4, -0.2) is 16.8 Å². The number of nitrogens with two attached hydrogens (primary N) is 1. The summed E-state index contributed by atoms with van der Waals surface area (Å²) >= 11 is 7.08. The van der Waals surface area contributed by atoms with Crippen LogP contribution in [0.5, 0.6) is 5.75 Å². The maximum Gasteiger partial charge on any atom is 0.275 e. The quantitative estimate of drug-likeness (QED) is 0.651.